The van der Waals surface area contributed by atoms with Crippen LogP contribution in [0.3, 0.4) is 0 Å². The number of nitrogens with two attached hydrogens (primary N) is 1. The lowest BCUT2D eigenvalue weighted by Crippen LogP contribution is -2.11. The van der Waals surface area contributed by atoms with Crippen LogP contribution in [0.1, 0.15) is 35.2 Å². The van der Waals surface area contributed by atoms with E-state index in [1.54, 1.807) is 12.1 Å². The van der Waals surface area contributed by atoms with Crippen LogP contribution in [-0.2, 0) is 6.42 Å². The van der Waals surface area contributed by atoms with E-state index in [4.69, 9.17) is 5.73 Å². The van der Waals surface area contributed by atoms with Gasteiger partial charge in [-0.25, -0.2) is 4.98 Å². The molecule has 0 amide bonds. The summed E-state index contributed by atoms with van der Waals surface area (Å²) in [5.41, 5.74) is 11.9. The van der Waals surface area contributed by atoms with E-state index in [2.05, 4.69) is 11.1 Å². The second-order valence-corrected chi connectivity index (χ2v) is 6.93. The van der Waals surface area contributed by atoms with E-state index in [1.807, 2.05) is 42.5 Å². The minimum Gasteiger partial charge on any atom is -0.383 e. The van der Waals surface area contributed by atoms with E-state index >= 15 is 0 Å². The molecule has 6 heteroatoms. The predicted molar refractivity (Wildman–Crippen MR) is 113 cm³/mol. The number of fused-ring (bicyclic) bond motifs is 1. The smallest absolute Gasteiger partial charge is 0.270 e. The van der Waals surface area contributed by atoms with E-state index in [-0.39, 0.29) is 11.5 Å². The lowest BCUT2D eigenvalue weighted by Gasteiger charge is -2.23. The van der Waals surface area contributed by atoms with Crippen molar-refractivity contribution in [2.45, 2.75) is 19.3 Å². The maximum atomic E-state index is 11.1. The number of benzene rings is 2. The molecule has 0 saturated heterocycles. The SMILES string of the molecule is N#Cc1c(N)nc2c(c1-c1ccccc1)CCCC2=Cc1cccc([N+](=O)[O-])c1. The van der Waals surface area contributed by atoms with E-state index in [0.717, 1.165) is 52.8 Å². The normalized spacial score (nSPS) is 14.2. The number of non-ortho nitro benzene ring substituents is 1. The third kappa shape index (κ3) is 3.46. The molecule has 6 nitrogen and oxygen atoms in total. The summed E-state index contributed by atoms with van der Waals surface area (Å²) in [6.07, 6.45) is 4.43. The lowest BCUT2D eigenvalue weighted by atomic mass is 9.83. The molecule has 4 rings (SSSR count). The van der Waals surface area contributed by atoms with Gasteiger partial charge in [0.15, 0.2) is 0 Å². The highest BCUT2D eigenvalue weighted by Gasteiger charge is 2.24. The number of anilines is 1. The van der Waals surface area contributed by atoms with Crippen LogP contribution in [0.5, 0.6) is 0 Å². The molecule has 0 atom stereocenters. The molecule has 2 aromatic carbocycles. The highest BCUT2D eigenvalue weighted by atomic mass is 16.6. The number of pyridine rings is 1. The van der Waals surface area contributed by atoms with Gasteiger partial charge in [-0.05, 0) is 47.6 Å². The van der Waals surface area contributed by atoms with Gasteiger partial charge in [0.1, 0.15) is 17.5 Å². The first-order chi connectivity index (χ1) is 14.1. The van der Waals surface area contributed by atoms with Gasteiger partial charge in [0, 0.05) is 17.7 Å². The van der Waals surface area contributed by atoms with Crippen LogP contribution in [0, 0.1) is 21.4 Å². The molecule has 142 valence electrons. The first-order valence-corrected chi connectivity index (χ1v) is 9.31. The van der Waals surface area contributed by atoms with Crippen LogP contribution in [-0.4, -0.2) is 9.91 Å². The van der Waals surface area contributed by atoms with Gasteiger partial charge >= 0.3 is 0 Å². The molecule has 1 aliphatic rings. The maximum absolute atomic E-state index is 11.1. The molecule has 2 N–H and O–H groups in total. The van der Waals surface area contributed by atoms with Crippen molar-refractivity contribution in [1.82, 2.24) is 4.98 Å². The molecule has 0 fully saturated rings. The molecule has 0 radical (unpaired) electrons. The molecule has 1 heterocycles. The number of aromatic nitrogens is 1. The molecular formula is C23H18N4O2. The van der Waals surface area contributed by atoms with Crippen molar-refractivity contribution in [3.63, 3.8) is 0 Å². The summed E-state index contributed by atoms with van der Waals surface area (Å²) >= 11 is 0. The van der Waals surface area contributed by atoms with Gasteiger partial charge in [0.25, 0.3) is 5.69 Å². The summed E-state index contributed by atoms with van der Waals surface area (Å²) in [5, 5.41) is 20.8. The van der Waals surface area contributed by atoms with Crippen molar-refractivity contribution in [2.75, 3.05) is 5.73 Å². The Kier molecular flexibility index (Phi) is 4.80. The second-order valence-electron chi connectivity index (χ2n) is 6.93. The zero-order valence-corrected chi connectivity index (χ0v) is 15.6. The Morgan fingerprint density at radius 3 is 2.66 bits per heavy atom. The van der Waals surface area contributed by atoms with Crippen LogP contribution >= 0.6 is 0 Å². The fraction of sp³-hybridized carbons (Fsp3) is 0.130. The fourth-order valence-corrected chi connectivity index (χ4v) is 3.83. The van der Waals surface area contributed by atoms with Crippen molar-refractivity contribution in [3.05, 3.63) is 87.1 Å². The highest BCUT2D eigenvalue weighted by Crippen LogP contribution is 2.40. The van der Waals surface area contributed by atoms with Gasteiger partial charge in [0.2, 0.25) is 0 Å². The first-order valence-electron chi connectivity index (χ1n) is 9.31. The number of nitro benzene ring substituents is 1. The standard InChI is InChI=1S/C23H18N4O2/c24-14-20-21(16-7-2-1-3-8-16)19-11-5-9-17(22(19)26-23(20)25)12-15-6-4-10-18(13-15)27(28)29/h1-4,6-8,10,12-13H,5,9,11H2,(H2,25,26). The van der Waals surface area contributed by atoms with Gasteiger partial charge in [-0.2, -0.15) is 5.26 Å². The van der Waals surface area contributed by atoms with Crippen LogP contribution in [0.2, 0.25) is 0 Å². The summed E-state index contributed by atoms with van der Waals surface area (Å²) in [7, 11) is 0. The van der Waals surface area contributed by atoms with Crippen LogP contribution in [0.4, 0.5) is 11.5 Å². The molecule has 0 unspecified atom stereocenters. The Labute approximate surface area is 168 Å². The van der Waals surface area contributed by atoms with Crippen LogP contribution < -0.4 is 5.73 Å². The lowest BCUT2D eigenvalue weighted by molar-refractivity contribution is -0.384. The number of hydrogen-bond donors (Lipinski definition) is 1. The Morgan fingerprint density at radius 1 is 1.14 bits per heavy atom. The number of allylic oxidation sites excluding steroid dienone is 1. The predicted octanol–water partition coefficient (Wildman–Crippen LogP) is 4.99. The van der Waals surface area contributed by atoms with E-state index in [0.29, 0.717) is 5.56 Å². The average Bonchev–Trinajstić information content (AvgIpc) is 2.74. The third-order valence-corrected chi connectivity index (χ3v) is 5.10. The Morgan fingerprint density at radius 2 is 1.93 bits per heavy atom. The first kappa shape index (κ1) is 18.4. The van der Waals surface area contributed by atoms with E-state index in [9.17, 15) is 15.4 Å². The topological polar surface area (TPSA) is 106 Å². The Hall–Kier alpha value is -3.98. The molecule has 0 saturated carbocycles. The quantitative estimate of drug-likeness (QED) is 0.507. The number of nitro groups is 1. The number of rotatable bonds is 3. The summed E-state index contributed by atoms with van der Waals surface area (Å²) in [6, 6.07) is 18.5. The zero-order chi connectivity index (χ0) is 20.4. The highest BCUT2D eigenvalue weighted by molar-refractivity contribution is 5.89. The average molecular weight is 382 g/mol. The van der Waals surface area contributed by atoms with Crippen LogP contribution in [0.15, 0.2) is 54.6 Å². The number of nitrogens with zero attached hydrogens (tertiary/aromatic N) is 3. The number of nitriles is 1. The van der Waals surface area contributed by atoms with Gasteiger partial charge in [-0.1, -0.05) is 42.5 Å². The summed E-state index contributed by atoms with van der Waals surface area (Å²) in [6.45, 7) is 0. The minimum atomic E-state index is -0.403. The Balaban J connectivity index is 1.91. The Bertz CT molecular complexity index is 1180. The molecule has 1 aliphatic carbocycles. The summed E-state index contributed by atoms with van der Waals surface area (Å²) in [4.78, 5) is 15.2. The van der Waals surface area contributed by atoms with Gasteiger partial charge < -0.3 is 5.73 Å². The summed E-state index contributed by atoms with van der Waals surface area (Å²) < 4.78 is 0. The van der Waals surface area contributed by atoms with E-state index < -0.39 is 4.92 Å². The maximum Gasteiger partial charge on any atom is 0.270 e. The van der Waals surface area contributed by atoms with Crippen LogP contribution in [0.25, 0.3) is 22.8 Å². The molecule has 3 aromatic rings. The molecule has 0 aliphatic heterocycles. The number of nitrogen functional groups attached to an aromatic ring is 1. The molecular weight excluding hydrogens is 364 g/mol. The van der Waals surface area contributed by atoms with Gasteiger partial charge in [-0.3, -0.25) is 10.1 Å². The van der Waals surface area contributed by atoms with E-state index in [1.165, 1.54) is 6.07 Å². The minimum absolute atomic E-state index is 0.0488. The molecule has 1 aromatic heterocycles. The van der Waals surface area contributed by atoms with Crippen molar-refractivity contribution in [3.8, 4) is 17.2 Å². The fourth-order valence-electron chi connectivity index (χ4n) is 3.83. The van der Waals surface area contributed by atoms with Crippen molar-refractivity contribution >= 4 is 23.2 Å². The zero-order valence-electron chi connectivity index (χ0n) is 15.6. The number of hydrogen-bond acceptors (Lipinski definition) is 5. The molecule has 0 spiro atoms. The largest absolute Gasteiger partial charge is 0.383 e. The van der Waals surface area contributed by atoms with Crippen molar-refractivity contribution in [1.29, 1.82) is 5.26 Å². The molecule has 29 heavy (non-hydrogen) atoms. The third-order valence-electron chi connectivity index (χ3n) is 5.10. The second kappa shape index (κ2) is 7.56. The van der Waals surface area contributed by atoms with Gasteiger partial charge in [0.05, 0.1) is 10.6 Å². The van der Waals surface area contributed by atoms with Crippen molar-refractivity contribution < 1.29 is 4.92 Å². The monoisotopic (exact) mass is 382 g/mol. The molecule has 0 bridgehead atoms. The summed E-state index contributed by atoms with van der Waals surface area (Å²) in [5.74, 6) is 0.206. The van der Waals surface area contributed by atoms with Crippen molar-refractivity contribution in [2.24, 2.45) is 0 Å². The van der Waals surface area contributed by atoms with Gasteiger partial charge in [-0.15, -0.1) is 0 Å².